The van der Waals surface area contributed by atoms with Crippen LogP contribution in [-0.4, -0.2) is 61.7 Å². The number of alkyl carbamates (subject to hydrolysis) is 1. The van der Waals surface area contributed by atoms with Crippen LogP contribution in [0, 0.1) is 5.92 Å². The summed E-state index contributed by atoms with van der Waals surface area (Å²) in [5.74, 6) is -2.40. The van der Waals surface area contributed by atoms with Crippen LogP contribution in [-0.2, 0) is 30.5 Å². The summed E-state index contributed by atoms with van der Waals surface area (Å²) < 4.78 is 10.8. The Morgan fingerprint density at radius 1 is 0.766 bits per heavy atom. The first-order valence-electron chi connectivity index (χ1n) is 15.6. The van der Waals surface area contributed by atoms with Gasteiger partial charge in [0.1, 0.15) is 31.8 Å². The quantitative estimate of drug-likeness (QED) is 0.125. The molecule has 0 bridgehead atoms. The zero-order valence-electron chi connectivity index (χ0n) is 26.5. The molecule has 4 rings (SSSR count). The third-order valence-electron chi connectivity index (χ3n) is 7.82. The predicted molar refractivity (Wildman–Crippen MR) is 175 cm³/mol. The van der Waals surface area contributed by atoms with Gasteiger partial charge in [0.2, 0.25) is 11.8 Å². The first-order valence-corrected chi connectivity index (χ1v) is 15.6. The van der Waals surface area contributed by atoms with E-state index in [4.69, 9.17) is 15.2 Å². The number of rotatable bonds is 15. The highest BCUT2D eigenvalue weighted by atomic mass is 16.5. The van der Waals surface area contributed by atoms with E-state index in [-0.39, 0.29) is 38.0 Å². The van der Waals surface area contributed by atoms with Crippen molar-refractivity contribution >= 4 is 29.9 Å². The van der Waals surface area contributed by atoms with Gasteiger partial charge < -0.3 is 36.5 Å². The van der Waals surface area contributed by atoms with Crippen molar-refractivity contribution in [2.45, 2.75) is 51.3 Å². The van der Waals surface area contributed by atoms with Crippen LogP contribution in [0.2, 0.25) is 0 Å². The molecule has 0 spiro atoms. The molecular weight excluding hydrogens is 602 g/mol. The van der Waals surface area contributed by atoms with E-state index >= 15 is 0 Å². The zero-order valence-corrected chi connectivity index (χ0v) is 26.5. The predicted octanol–water partition coefficient (Wildman–Crippen LogP) is 3.34. The van der Waals surface area contributed by atoms with Crippen LogP contribution in [0.15, 0.2) is 78.9 Å². The monoisotopic (exact) mass is 643 g/mol. The summed E-state index contributed by atoms with van der Waals surface area (Å²) in [4.78, 5) is 62.8. The van der Waals surface area contributed by atoms with Crippen LogP contribution < -0.4 is 27.0 Å². The smallest absolute Gasteiger partial charge is 0.407 e. The number of carbonyl (C=O) groups is 5. The number of urea groups is 1. The summed E-state index contributed by atoms with van der Waals surface area (Å²) >= 11 is 0. The number of nitrogens with one attached hydrogen (secondary N) is 4. The lowest BCUT2D eigenvalue weighted by molar-refractivity contribution is -0.145. The van der Waals surface area contributed by atoms with Gasteiger partial charge in [-0.15, -0.1) is 0 Å². The van der Waals surface area contributed by atoms with E-state index in [1.54, 1.807) is 26.0 Å². The van der Waals surface area contributed by atoms with Crippen molar-refractivity contribution in [1.29, 1.82) is 0 Å². The molecule has 1 aliphatic rings. The second-order valence-electron chi connectivity index (χ2n) is 11.6. The molecule has 1 aliphatic carbocycles. The highest BCUT2D eigenvalue weighted by molar-refractivity contribution is 5.92. The fraction of sp³-hybridized carbons (Fsp3) is 0.343. The van der Waals surface area contributed by atoms with Crippen LogP contribution >= 0.6 is 0 Å². The van der Waals surface area contributed by atoms with Gasteiger partial charge in [-0.2, -0.15) is 0 Å². The average molecular weight is 644 g/mol. The summed E-state index contributed by atoms with van der Waals surface area (Å²) in [6, 6.07) is 22.2. The highest BCUT2D eigenvalue weighted by Crippen LogP contribution is 2.44. The minimum Gasteiger partial charge on any atom is -0.460 e. The molecule has 2 atom stereocenters. The van der Waals surface area contributed by atoms with Gasteiger partial charge in [0, 0.05) is 12.5 Å². The van der Waals surface area contributed by atoms with Crippen LogP contribution in [0.4, 0.5) is 9.59 Å². The Morgan fingerprint density at radius 2 is 1.38 bits per heavy atom. The third-order valence-corrected chi connectivity index (χ3v) is 7.82. The molecule has 3 aromatic carbocycles. The minimum atomic E-state index is -1.08. The molecule has 0 fully saturated rings. The number of fused-ring (bicyclic) bond motifs is 3. The van der Waals surface area contributed by atoms with Gasteiger partial charge in [-0.3, -0.25) is 14.4 Å². The second-order valence-corrected chi connectivity index (χ2v) is 11.6. The van der Waals surface area contributed by atoms with Gasteiger partial charge in [-0.05, 0) is 46.6 Å². The van der Waals surface area contributed by atoms with E-state index < -0.39 is 48.5 Å². The van der Waals surface area contributed by atoms with E-state index in [1.165, 1.54) is 0 Å². The number of hydrogen-bond donors (Lipinski definition) is 5. The number of nitrogens with two attached hydrogens (primary N) is 1. The van der Waals surface area contributed by atoms with E-state index in [0.717, 1.165) is 27.8 Å². The molecule has 0 unspecified atom stereocenters. The molecule has 0 heterocycles. The number of hydrogen-bond acceptors (Lipinski definition) is 7. The Kier molecular flexibility index (Phi) is 12.3. The zero-order chi connectivity index (χ0) is 33.8. The summed E-state index contributed by atoms with van der Waals surface area (Å²) in [5, 5.41) is 10.3. The van der Waals surface area contributed by atoms with E-state index in [1.807, 2.05) is 66.7 Å². The number of benzene rings is 3. The maximum atomic E-state index is 13.4. The fourth-order valence-corrected chi connectivity index (χ4v) is 5.42. The number of primary amides is 1. The van der Waals surface area contributed by atoms with Gasteiger partial charge in [0.25, 0.3) is 0 Å². The molecule has 0 saturated carbocycles. The van der Waals surface area contributed by atoms with Crippen LogP contribution in [0.3, 0.4) is 0 Å². The molecule has 0 aliphatic heterocycles. The number of ether oxygens (including phenoxy) is 2. The van der Waals surface area contributed by atoms with Crippen molar-refractivity contribution in [3.05, 3.63) is 95.6 Å². The molecule has 0 saturated heterocycles. The minimum absolute atomic E-state index is 0.0477. The molecule has 248 valence electrons. The standard InChI is InChI=1S/C35H41N5O7/c1-22(2)31(40-35(45)47-21-28-26-15-8-6-13-24(26)25-14-7-9-16-27(25)28)33(43)39-29(17-10-18-37-34(36)44)32(42)38-19-30(41)46-20-23-11-4-3-5-12-23/h3-9,11-16,22,28-29,31H,10,17-21H2,1-2H3,(H,38,42)(H,39,43)(H,40,45)(H3,36,37,44)/t29-,31-/m0/s1. The van der Waals surface area contributed by atoms with Gasteiger partial charge in [-0.25, -0.2) is 9.59 Å². The van der Waals surface area contributed by atoms with Crippen molar-refractivity contribution in [1.82, 2.24) is 21.3 Å². The van der Waals surface area contributed by atoms with E-state index in [2.05, 4.69) is 21.3 Å². The number of esters is 1. The van der Waals surface area contributed by atoms with E-state index in [9.17, 15) is 24.0 Å². The summed E-state index contributed by atoms with van der Waals surface area (Å²) in [6.07, 6.45) is -0.355. The normalized spacial score (nSPS) is 13.0. The summed E-state index contributed by atoms with van der Waals surface area (Å²) in [5.41, 5.74) is 10.2. The average Bonchev–Trinajstić information content (AvgIpc) is 3.39. The van der Waals surface area contributed by atoms with Crippen LogP contribution in [0.1, 0.15) is 49.3 Å². The Balaban J connectivity index is 1.34. The van der Waals surface area contributed by atoms with Crippen molar-refractivity contribution < 1.29 is 33.4 Å². The lowest BCUT2D eigenvalue weighted by Crippen LogP contribution is -2.56. The number of carbonyl (C=O) groups excluding carboxylic acids is 5. The first-order chi connectivity index (χ1) is 22.6. The molecule has 0 radical (unpaired) electrons. The largest absolute Gasteiger partial charge is 0.460 e. The molecule has 12 nitrogen and oxygen atoms in total. The molecule has 6 N–H and O–H groups in total. The van der Waals surface area contributed by atoms with Gasteiger partial charge in [-0.1, -0.05) is 92.7 Å². The van der Waals surface area contributed by atoms with Crippen LogP contribution in [0.5, 0.6) is 0 Å². The maximum absolute atomic E-state index is 13.4. The number of amides is 5. The molecular formula is C35H41N5O7. The summed E-state index contributed by atoms with van der Waals surface area (Å²) in [7, 11) is 0. The second kappa shape index (κ2) is 16.8. The molecule has 0 aromatic heterocycles. The fourth-order valence-electron chi connectivity index (χ4n) is 5.42. The van der Waals surface area contributed by atoms with Crippen molar-refractivity contribution in [3.8, 4) is 11.1 Å². The SMILES string of the molecule is CC(C)[C@H](NC(=O)OCC1c2ccccc2-c2ccccc21)C(=O)N[C@@H](CCCNC(N)=O)C(=O)NCC(=O)OCc1ccccc1. The molecule has 5 amide bonds. The van der Waals surface area contributed by atoms with Gasteiger partial charge >= 0.3 is 18.1 Å². The Morgan fingerprint density at radius 3 is 2.00 bits per heavy atom. The molecule has 3 aromatic rings. The lowest BCUT2D eigenvalue weighted by atomic mass is 9.98. The topological polar surface area (TPSA) is 178 Å². The maximum Gasteiger partial charge on any atom is 0.407 e. The van der Waals surface area contributed by atoms with Crippen molar-refractivity contribution in [2.75, 3.05) is 19.7 Å². The Bertz CT molecular complexity index is 1520. The lowest BCUT2D eigenvalue weighted by Gasteiger charge is -2.25. The van der Waals surface area contributed by atoms with Crippen LogP contribution in [0.25, 0.3) is 11.1 Å². The Hall–Kier alpha value is -5.39. The van der Waals surface area contributed by atoms with Gasteiger partial charge in [0.15, 0.2) is 0 Å². The van der Waals surface area contributed by atoms with Gasteiger partial charge in [0.05, 0.1) is 0 Å². The molecule has 12 heteroatoms. The summed E-state index contributed by atoms with van der Waals surface area (Å²) in [6.45, 7) is 3.38. The van der Waals surface area contributed by atoms with Crippen molar-refractivity contribution in [3.63, 3.8) is 0 Å². The third kappa shape index (κ3) is 9.80. The van der Waals surface area contributed by atoms with Crippen molar-refractivity contribution in [2.24, 2.45) is 11.7 Å². The molecule has 47 heavy (non-hydrogen) atoms. The first kappa shape index (κ1) is 34.5. The highest BCUT2D eigenvalue weighted by Gasteiger charge is 2.32. The van der Waals surface area contributed by atoms with E-state index in [0.29, 0.717) is 6.42 Å². The Labute approximate surface area is 273 Å².